The van der Waals surface area contributed by atoms with Crippen molar-refractivity contribution < 1.29 is 14.3 Å². The molecule has 0 saturated carbocycles. The summed E-state index contributed by atoms with van der Waals surface area (Å²) in [6.45, 7) is 0. The van der Waals surface area contributed by atoms with Crippen molar-refractivity contribution in [1.29, 1.82) is 0 Å². The summed E-state index contributed by atoms with van der Waals surface area (Å²) in [7, 11) is 4.89. The molecule has 0 spiro atoms. The molecule has 0 radical (unpaired) electrons. The van der Waals surface area contributed by atoms with Crippen molar-refractivity contribution in [2.75, 3.05) is 14.2 Å². The number of fused-ring (bicyclic) bond motifs is 1. The highest BCUT2D eigenvalue weighted by atomic mass is 35.5. The molecule has 2 aromatic carbocycles. The molecule has 5 nitrogen and oxygen atoms in total. The monoisotopic (exact) mass is 362 g/mol. The fourth-order valence-corrected chi connectivity index (χ4v) is 3.71. The molecule has 0 unspecified atom stereocenters. The van der Waals surface area contributed by atoms with Crippen LogP contribution in [0.25, 0.3) is 10.2 Å². The molecule has 1 amide bonds. The molecule has 3 rings (SSSR count). The zero-order valence-electron chi connectivity index (χ0n) is 13.4. The Morgan fingerprint density at radius 3 is 2.71 bits per heavy atom. The van der Waals surface area contributed by atoms with E-state index in [2.05, 4.69) is 4.99 Å². The number of halogens is 1. The van der Waals surface area contributed by atoms with Crippen LogP contribution in [0.3, 0.4) is 0 Å². The number of hydrogen-bond donors (Lipinski definition) is 0. The van der Waals surface area contributed by atoms with Crippen molar-refractivity contribution >= 4 is 39.1 Å². The minimum atomic E-state index is -0.390. The second-order valence-electron chi connectivity index (χ2n) is 5.01. The van der Waals surface area contributed by atoms with Gasteiger partial charge in [-0.05, 0) is 30.3 Å². The summed E-state index contributed by atoms with van der Waals surface area (Å²) in [6, 6.07) is 10.7. The van der Waals surface area contributed by atoms with Gasteiger partial charge >= 0.3 is 0 Å². The first kappa shape index (κ1) is 16.5. The summed E-state index contributed by atoms with van der Waals surface area (Å²) in [5, 5.41) is 0.650. The molecule has 0 N–H and O–H groups in total. The van der Waals surface area contributed by atoms with E-state index in [-0.39, 0.29) is 5.91 Å². The number of nitrogens with zero attached hydrogens (tertiary/aromatic N) is 2. The topological polar surface area (TPSA) is 52.8 Å². The number of rotatable bonds is 3. The number of carbonyl (C=O) groups is 1. The quantitative estimate of drug-likeness (QED) is 0.714. The summed E-state index contributed by atoms with van der Waals surface area (Å²) in [5.41, 5.74) is 1.32. The number of thiazole rings is 1. The van der Waals surface area contributed by atoms with Crippen LogP contribution < -0.4 is 14.3 Å². The molecule has 7 heteroatoms. The van der Waals surface area contributed by atoms with Crippen LogP contribution in [0.1, 0.15) is 10.4 Å². The first-order chi connectivity index (χ1) is 11.5. The Morgan fingerprint density at radius 1 is 1.21 bits per heavy atom. The van der Waals surface area contributed by atoms with E-state index in [4.69, 9.17) is 21.1 Å². The number of carbonyl (C=O) groups excluding carboxylic acids is 1. The molecule has 24 heavy (non-hydrogen) atoms. The van der Waals surface area contributed by atoms with Crippen LogP contribution in [0, 0.1) is 0 Å². The second-order valence-corrected chi connectivity index (χ2v) is 6.46. The van der Waals surface area contributed by atoms with Crippen LogP contribution >= 0.6 is 22.9 Å². The third-order valence-electron chi connectivity index (χ3n) is 3.60. The molecule has 0 aliphatic carbocycles. The molecule has 1 aromatic heterocycles. The Hall–Kier alpha value is -2.31. The van der Waals surface area contributed by atoms with Gasteiger partial charge in [0.15, 0.2) is 16.3 Å². The summed E-state index contributed by atoms with van der Waals surface area (Å²) < 4.78 is 13.4. The van der Waals surface area contributed by atoms with Gasteiger partial charge < -0.3 is 14.0 Å². The van der Waals surface area contributed by atoms with Gasteiger partial charge in [0.1, 0.15) is 0 Å². The van der Waals surface area contributed by atoms with Gasteiger partial charge in [0.2, 0.25) is 0 Å². The number of amides is 1. The normalized spacial score (nSPS) is 11.8. The molecule has 124 valence electrons. The summed E-state index contributed by atoms with van der Waals surface area (Å²) in [5.74, 6) is 0.477. The third kappa shape index (κ3) is 2.90. The Balaban J connectivity index is 2.12. The molecule has 0 bridgehead atoms. The molecule has 3 aromatic rings. The fourth-order valence-electron chi connectivity index (χ4n) is 2.42. The Kier molecular flexibility index (Phi) is 4.59. The lowest BCUT2D eigenvalue weighted by atomic mass is 10.2. The number of benzene rings is 2. The summed E-state index contributed by atoms with van der Waals surface area (Å²) in [6.07, 6.45) is 0. The van der Waals surface area contributed by atoms with Crippen LogP contribution in [-0.2, 0) is 7.05 Å². The lowest BCUT2D eigenvalue weighted by molar-refractivity contribution is 0.0994. The summed E-state index contributed by atoms with van der Waals surface area (Å²) in [4.78, 5) is 17.5. The second kappa shape index (κ2) is 6.67. The van der Waals surface area contributed by atoms with E-state index >= 15 is 0 Å². The predicted octanol–water partition coefficient (Wildman–Crippen LogP) is 3.65. The SMILES string of the molecule is COc1cccc(C(=O)N=c2sc3cc(Cl)ccc3n2C)c1OC. The maximum Gasteiger partial charge on any atom is 0.283 e. The van der Waals surface area contributed by atoms with E-state index in [1.54, 1.807) is 18.2 Å². The van der Waals surface area contributed by atoms with Crippen LogP contribution in [0.5, 0.6) is 11.5 Å². The highest BCUT2D eigenvalue weighted by Gasteiger charge is 2.16. The molecule has 0 saturated heterocycles. The molecule has 0 fully saturated rings. The van der Waals surface area contributed by atoms with Gasteiger partial charge in [-0.2, -0.15) is 4.99 Å². The van der Waals surface area contributed by atoms with Crippen LogP contribution in [0.2, 0.25) is 5.02 Å². The highest BCUT2D eigenvalue weighted by Crippen LogP contribution is 2.31. The Labute approximate surface area is 147 Å². The Morgan fingerprint density at radius 2 is 2.00 bits per heavy atom. The largest absolute Gasteiger partial charge is 0.493 e. The van der Waals surface area contributed by atoms with Crippen molar-refractivity contribution in [2.24, 2.45) is 12.0 Å². The van der Waals surface area contributed by atoms with Gasteiger partial charge in [-0.3, -0.25) is 4.79 Å². The van der Waals surface area contributed by atoms with E-state index in [0.717, 1.165) is 10.2 Å². The molecule has 1 heterocycles. The average molecular weight is 363 g/mol. The highest BCUT2D eigenvalue weighted by molar-refractivity contribution is 7.16. The lowest BCUT2D eigenvalue weighted by Crippen LogP contribution is -2.13. The van der Waals surface area contributed by atoms with Gasteiger partial charge in [0.25, 0.3) is 5.91 Å². The van der Waals surface area contributed by atoms with Gasteiger partial charge in [-0.25, -0.2) is 0 Å². The lowest BCUT2D eigenvalue weighted by Gasteiger charge is -2.09. The zero-order valence-corrected chi connectivity index (χ0v) is 14.9. The molecular formula is C17H15ClN2O3S. The van der Waals surface area contributed by atoms with E-state index < -0.39 is 0 Å². The van der Waals surface area contributed by atoms with Crippen LogP contribution in [0.15, 0.2) is 41.4 Å². The van der Waals surface area contributed by atoms with E-state index in [1.807, 2.05) is 29.8 Å². The molecule has 0 aliphatic rings. The van der Waals surface area contributed by atoms with Crippen molar-refractivity contribution in [3.8, 4) is 11.5 Å². The standard InChI is InChI=1S/C17H15ClN2O3S/c1-20-12-8-7-10(18)9-14(12)24-17(20)19-16(21)11-5-4-6-13(22-2)15(11)23-3/h4-9H,1-3H3. The van der Waals surface area contributed by atoms with Crippen molar-refractivity contribution in [3.63, 3.8) is 0 Å². The Bertz CT molecular complexity index is 991. The third-order valence-corrected chi connectivity index (χ3v) is 4.93. The van der Waals surface area contributed by atoms with Crippen LogP contribution in [0.4, 0.5) is 0 Å². The first-order valence-electron chi connectivity index (χ1n) is 7.10. The maximum atomic E-state index is 12.6. The van der Waals surface area contributed by atoms with E-state index in [0.29, 0.717) is 26.9 Å². The zero-order chi connectivity index (χ0) is 17.3. The molecular weight excluding hydrogens is 348 g/mol. The van der Waals surface area contributed by atoms with Gasteiger partial charge in [0, 0.05) is 12.1 Å². The van der Waals surface area contributed by atoms with Crippen LogP contribution in [-0.4, -0.2) is 24.7 Å². The molecule has 0 atom stereocenters. The average Bonchev–Trinajstić information content (AvgIpc) is 2.88. The number of aryl methyl sites for hydroxylation is 1. The smallest absolute Gasteiger partial charge is 0.283 e. The van der Waals surface area contributed by atoms with Crippen molar-refractivity contribution in [2.45, 2.75) is 0 Å². The fraction of sp³-hybridized carbons (Fsp3) is 0.176. The number of ether oxygens (including phenoxy) is 2. The van der Waals surface area contributed by atoms with E-state index in [9.17, 15) is 4.79 Å². The number of aromatic nitrogens is 1. The number of methoxy groups -OCH3 is 2. The first-order valence-corrected chi connectivity index (χ1v) is 8.29. The van der Waals surface area contributed by atoms with E-state index in [1.165, 1.54) is 25.6 Å². The number of para-hydroxylation sites is 1. The number of hydrogen-bond acceptors (Lipinski definition) is 4. The van der Waals surface area contributed by atoms with Crippen molar-refractivity contribution in [1.82, 2.24) is 4.57 Å². The summed E-state index contributed by atoms with van der Waals surface area (Å²) >= 11 is 7.43. The van der Waals surface area contributed by atoms with Gasteiger partial charge in [-0.15, -0.1) is 0 Å². The van der Waals surface area contributed by atoms with Gasteiger partial charge in [0.05, 0.1) is 30.0 Å². The maximum absolute atomic E-state index is 12.6. The minimum Gasteiger partial charge on any atom is -0.493 e. The van der Waals surface area contributed by atoms with Gasteiger partial charge in [-0.1, -0.05) is 29.0 Å². The predicted molar refractivity (Wildman–Crippen MR) is 95.2 cm³/mol. The van der Waals surface area contributed by atoms with Crippen molar-refractivity contribution in [3.05, 3.63) is 51.8 Å². The molecule has 0 aliphatic heterocycles. The minimum absolute atomic E-state index is 0.354.